The van der Waals surface area contributed by atoms with E-state index in [0.717, 1.165) is 6.20 Å². The van der Waals surface area contributed by atoms with E-state index in [4.69, 9.17) is 11.0 Å². The zero-order chi connectivity index (χ0) is 9.84. The zero-order valence-corrected chi connectivity index (χ0v) is 6.67. The van der Waals surface area contributed by atoms with Crippen LogP contribution in [-0.4, -0.2) is 4.98 Å². The summed E-state index contributed by atoms with van der Waals surface area (Å²) in [5, 5.41) is 8.57. The molecule has 1 rings (SSSR count). The highest BCUT2D eigenvalue weighted by molar-refractivity contribution is 5.40. The summed E-state index contributed by atoms with van der Waals surface area (Å²) in [5.41, 5.74) is 5.28. The lowest BCUT2D eigenvalue weighted by molar-refractivity contribution is 0.149. The molecule has 68 valence electrons. The number of pyridine rings is 1. The van der Waals surface area contributed by atoms with E-state index in [2.05, 4.69) is 4.98 Å². The molecule has 0 bridgehead atoms. The second kappa shape index (κ2) is 3.92. The van der Waals surface area contributed by atoms with Crippen molar-refractivity contribution in [1.29, 1.82) is 5.26 Å². The number of nitrogens with two attached hydrogens (primary N) is 1. The Morgan fingerprint density at radius 2 is 2.23 bits per heavy atom. The van der Waals surface area contributed by atoms with E-state index >= 15 is 0 Å². The van der Waals surface area contributed by atoms with Gasteiger partial charge >= 0.3 is 0 Å². The number of nitrogens with zero attached hydrogens (tertiary/aromatic N) is 2. The SMILES string of the molecule is N#Cc1cncc(C(F)F)c1CN. The van der Waals surface area contributed by atoms with E-state index in [9.17, 15) is 8.78 Å². The van der Waals surface area contributed by atoms with Crippen LogP contribution < -0.4 is 5.73 Å². The van der Waals surface area contributed by atoms with Crippen molar-refractivity contribution in [2.75, 3.05) is 0 Å². The van der Waals surface area contributed by atoms with Crippen molar-refractivity contribution in [3.8, 4) is 6.07 Å². The van der Waals surface area contributed by atoms with Crippen molar-refractivity contribution in [1.82, 2.24) is 4.98 Å². The minimum absolute atomic E-state index is 0.0783. The van der Waals surface area contributed by atoms with Crippen molar-refractivity contribution in [2.24, 2.45) is 5.73 Å². The molecule has 0 aromatic carbocycles. The molecule has 0 radical (unpaired) electrons. The predicted molar refractivity (Wildman–Crippen MR) is 41.8 cm³/mol. The molecule has 1 heterocycles. The minimum Gasteiger partial charge on any atom is -0.326 e. The van der Waals surface area contributed by atoms with Crippen LogP contribution in [0.1, 0.15) is 23.1 Å². The van der Waals surface area contributed by atoms with Gasteiger partial charge in [0.2, 0.25) is 0 Å². The Kier molecular flexibility index (Phi) is 2.88. The van der Waals surface area contributed by atoms with E-state index in [1.807, 2.05) is 0 Å². The standard InChI is InChI=1S/C8H7F2N3/c9-8(10)7-4-13-3-5(1-11)6(7)2-12/h3-4,8H,2,12H2. The fraction of sp³-hybridized carbons (Fsp3) is 0.250. The third-order valence-electron chi connectivity index (χ3n) is 1.65. The summed E-state index contributed by atoms with van der Waals surface area (Å²) in [5.74, 6) is 0. The largest absolute Gasteiger partial charge is 0.326 e. The summed E-state index contributed by atoms with van der Waals surface area (Å²) >= 11 is 0. The van der Waals surface area contributed by atoms with E-state index in [-0.39, 0.29) is 23.2 Å². The molecule has 0 fully saturated rings. The summed E-state index contributed by atoms with van der Waals surface area (Å²) in [4.78, 5) is 3.53. The van der Waals surface area contributed by atoms with Crippen molar-refractivity contribution >= 4 is 0 Å². The second-order valence-corrected chi connectivity index (χ2v) is 2.37. The molecule has 0 atom stereocenters. The van der Waals surface area contributed by atoms with E-state index < -0.39 is 6.43 Å². The van der Waals surface area contributed by atoms with Gasteiger partial charge in [-0.2, -0.15) is 5.26 Å². The lowest BCUT2D eigenvalue weighted by Crippen LogP contribution is -2.05. The molecular weight excluding hydrogens is 176 g/mol. The van der Waals surface area contributed by atoms with Crippen molar-refractivity contribution in [3.05, 3.63) is 29.1 Å². The van der Waals surface area contributed by atoms with Crippen LogP contribution in [0.15, 0.2) is 12.4 Å². The minimum atomic E-state index is -2.64. The average Bonchev–Trinajstić information content (AvgIpc) is 2.16. The summed E-state index contributed by atoms with van der Waals surface area (Å²) in [6.45, 7) is -0.0783. The molecule has 5 heteroatoms. The maximum Gasteiger partial charge on any atom is 0.265 e. The van der Waals surface area contributed by atoms with Crippen molar-refractivity contribution in [2.45, 2.75) is 13.0 Å². The highest BCUT2D eigenvalue weighted by Crippen LogP contribution is 2.23. The van der Waals surface area contributed by atoms with Gasteiger partial charge in [0.15, 0.2) is 0 Å². The summed E-state index contributed by atoms with van der Waals surface area (Å²) in [6.07, 6.45) is -0.374. The molecule has 2 N–H and O–H groups in total. The number of alkyl halides is 2. The van der Waals surface area contributed by atoms with Gasteiger partial charge in [-0.3, -0.25) is 4.98 Å². The van der Waals surface area contributed by atoms with E-state index in [1.165, 1.54) is 6.20 Å². The molecule has 1 aromatic rings. The monoisotopic (exact) mass is 183 g/mol. The van der Waals surface area contributed by atoms with Crippen LogP contribution in [-0.2, 0) is 6.54 Å². The molecule has 0 spiro atoms. The summed E-state index contributed by atoms with van der Waals surface area (Å²) in [6, 6.07) is 1.77. The molecule has 0 amide bonds. The van der Waals surface area contributed by atoms with Crippen LogP contribution in [0, 0.1) is 11.3 Å². The molecule has 0 saturated heterocycles. The van der Waals surface area contributed by atoms with Crippen molar-refractivity contribution < 1.29 is 8.78 Å². The first kappa shape index (κ1) is 9.55. The van der Waals surface area contributed by atoms with Gasteiger partial charge in [0.1, 0.15) is 6.07 Å². The first-order chi connectivity index (χ1) is 6.20. The summed E-state index contributed by atoms with van der Waals surface area (Å²) < 4.78 is 24.7. The molecule has 0 aliphatic heterocycles. The number of hydrogen-bond acceptors (Lipinski definition) is 3. The number of halogens is 2. The van der Waals surface area contributed by atoms with Gasteiger partial charge in [0.25, 0.3) is 6.43 Å². The van der Waals surface area contributed by atoms with Crippen LogP contribution in [0.5, 0.6) is 0 Å². The number of rotatable bonds is 2. The lowest BCUT2D eigenvalue weighted by Gasteiger charge is -2.06. The molecule has 0 aliphatic rings. The van der Waals surface area contributed by atoms with Gasteiger partial charge in [-0.05, 0) is 5.56 Å². The van der Waals surface area contributed by atoms with Crippen molar-refractivity contribution in [3.63, 3.8) is 0 Å². The van der Waals surface area contributed by atoms with Gasteiger partial charge < -0.3 is 5.73 Å². The van der Waals surface area contributed by atoms with Crippen LogP contribution in [0.25, 0.3) is 0 Å². The van der Waals surface area contributed by atoms with Gasteiger partial charge in [-0.25, -0.2) is 8.78 Å². The smallest absolute Gasteiger partial charge is 0.265 e. The molecule has 3 nitrogen and oxygen atoms in total. The van der Waals surface area contributed by atoms with Gasteiger partial charge in [0.05, 0.1) is 5.56 Å². The maximum atomic E-state index is 12.3. The Balaban J connectivity index is 3.29. The molecule has 0 aliphatic carbocycles. The van der Waals surface area contributed by atoms with Crippen LogP contribution in [0.2, 0.25) is 0 Å². The van der Waals surface area contributed by atoms with Crippen LogP contribution >= 0.6 is 0 Å². The lowest BCUT2D eigenvalue weighted by atomic mass is 10.1. The zero-order valence-electron chi connectivity index (χ0n) is 6.67. The second-order valence-electron chi connectivity index (χ2n) is 2.37. The van der Waals surface area contributed by atoms with Crippen LogP contribution in [0.4, 0.5) is 8.78 Å². The van der Waals surface area contributed by atoms with Crippen LogP contribution in [0.3, 0.4) is 0 Å². The normalized spacial score (nSPS) is 10.1. The average molecular weight is 183 g/mol. The Labute approximate surface area is 73.8 Å². The topological polar surface area (TPSA) is 62.7 Å². The first-order valence-electron chi connectivity index (χ1n) is 3.55. The third-order valence-corrected chi connectivity index (χ3v) is 1.65. The first-order valence-corrected chi connectivity index (χ1v) is 3.55. The van der Waals surface area contributed by atoms with Gasteiger partial charge in [0, 0.05) is 24.5 Å². The Bertz CT molecular complexity index is 344. The van der Waals surface area contributed by atoms with Gasteiger partial charge in [-0.1, -0.05) is 0 Å². The molecular formula is C8H7F2N3. The number of nitriles is 1. The third kappa shape index (κ3) is 1.79. The number of aromatic nitrogens is 1. The maximum absolute atomic E-state index is 12.3. The quantitative estimate of drug-likeness (QED) is 0.752. The highest BCUT2D eigenvalue weighted by Gasteiger charge is 2.15. The molecule has 0 unspecified atom stereocenters. The van der Waals surface area contributed by atoms with E-state index in [1.54, 1.807) is 6.07 Å². The summed E-state index contributed by atoms with van der Waals surface area (Å²) in [7, 11) is 0. The Morgan fingerprint density at radius 3 is 2.69 bits per heavy atom. The van der Waals surface area contributed by atoms with E-state index in [0.29, 0.717) is 0 Å². The number of hydrogen-bond donors (Lipinski definition) is 1. The van der Waals surface area contributed by atoms with Gasteiger partial charge in [-0.15, -0.1) is 0 Å². The predicted octanol–water partition coefficient (Wildman–Crippen LogP) is 1.35. The Hall–Kier alpha value is -1.54. The molecule has 13 heavy (non-hydrogen) atoms. The Morgan fingerprint density at radius 1 is 1.54 bits per heavy atom. The molecule has 0 saturated carbocycles. The fourth-order valence-corrected chi connectivity index (χ4v) is 1.02. The fourth-order valence-electron chi connectivity index (χ4n) is 1.02. The highest BCUT2D eigenvalue weighted by atomic mass is 19.3. The molecule has 1 aromatic heterocycles.